The maximum absolute atomic E-state index is 12.8. The molecule has 6 heteroatoms. The SMILES string of the molecule is CC[C@@H]1CCCCN1C(=O)CSc1ncnc2sc3c(c12)CCCC3. The Balaban J connectivity index is 1.53. The number of amides is 1. The molecule has 2 aliphatic rings. The van der Waals surface area contributed by atoms with Crippen LogP contribution < -0.4 is 0 Å². The third-order valence-corrected chi connectivity index (χ3v) is 7.64. The monoisotopic (exact) mass is 375 g/mol. The minimum Gasteiger partial charge on any atom is -0.339 e. The molecule has 0 aromatic carbocycles. The van der Waals surface area contributed by atoms with Gasteiger partial charge in [-0.05, 0) is 56.9 Å². The average Bonchev–Trinajstić information content (AvgIpc) is 3.05. The number of rotatable bonds is 4. The molecule has 134 valence electrons. The van der Waals surface area contributed by atoms with Gasteiger partial charge in [0.25, 0.3) is 0 Å². The van der Waals surface area contributed by atoms with E-state index in [4.69, 9.17) is 0 Å². The minimum atomic E-state index is 0.271. The highest BCUT2D eigenvalue weighted by molar-refractivity contribution is 8.00. The number of carbonyl (C=O) groups excluding carboxylic acids is 1. The second-order valence-electron chi connectivity index (χ2n) is 7.00. The van der Waals surface area contributed by atoms with E-state index in [1.165, 1.54) is 41.5 Å². The van der Waals surface area contributed by atoms with Crippen LogP contribution >= 0.6 is 23.1 Å². The standard InChI is InChI=1S/C19H25N3OS2/c1-2-13-7-5-6-10-22(13)16(23)11-24-18-17-14-8-3-4-9-15(14)25-19(17)21-12-20-18/h12-13H,2-11H2,1H3/t13-/m1/s1. The summed E-state index contributed by atoms with van der Waals surface area (Å²) in [6.45, 7) is 3.11. The molecule has 3 heterocycles. The first-order valence-corrected chi connectivity index (χ1v) is 11.3. The molecule has 0 saturated carbocycles. The van der Waals surface area contributed by atoms with Crippen molar-refractivity contribution in [3.63, 3.8) is 0 Å². The molecular formula is C19H25N3OS2. The Hall–Kier alpha value is -1.14. The second-order valence-corrected chi connectivity index (χ2v) is 9.05. The fraction of sp³-hybridized carbons (Fsp3) is 0.632. The lowest BCUT2D eigenvalue weighted by Crippen LogP contribution is -2.44. The third-order valence-electron chi connectivity index (χ3n) is 5.47. The summed E-state index contributed by atoms with van der Waals surface area (Å²) in [5, 5.41) is 2.23. The van der Waals surface area contributed by atoms with Crippen molar-refractivity contribution >= 4 is 39.2 Å². The van der Waals surface area contributed by atoms with Gasteiger partial charge < -0.3 is 4.90 Å². The van der Waals surface area contributed by atoms with E-state index in [0.29, 0.717) is 11.8 Å². The van der Waals surface area contributed by atoms with Gasteiger partial charge in [-0.2, -0.15) is 0 Å². The second kappa shape index (κ2) is 7.62. The molecule has 0 unspecified atom stereocenters. The molecule has 4 nitrogen and oxygen atoms in total. The average molecular weight is 376 g/mol. The Morgan fingerprint density at radius 1 is 1.28 bits per heavy atom. The number of aromatic nitrogens is 2. The first kappa shape index (κ1) is 17.3. The summed E-state index contributed by atoms with van der Waals surface area (Å²) in [5.41, 5.74) is 1.45. The molecule has 2 aromatic heterocycles. The van der Waals surface area contributed by atoms with Crippen molar-refractivity contribution in [2.24, 2.45) is 0 Å². The topological polar surface area (TPSA) is 46.1 Å². The number of aryl methyl sites for hydroxylation is 2. The van der Waals surface area contributed by atoms with E-state index in [-0.39, 0.29) is 5.91 Å². The van der Waals surface area contributed by atoms with Crippen LogP contribution in [0.25, 0.3) is 10.2 Å². The van der Waals surface area contributed by atoms with Crippen LogP contribution in [0.15, 0.2) is 11.4 Å². The molecule has 0 bridgehead atoms. The predicted molar refractivity (Wildman–Crippen MR) is 104 cm³/mol. The Bertz CT molecular complexity index is 773. The van der Waals surface area contributed by atoms with Crippen LogP contribution in [0.1, 0.15) is 55.9 Å². The summed E-state index contributed by atoms with van der Waals surface area (Å²) in [5.74, 6) is 0.764. The Morgan fingerprint density at radius 3 is 3.04 bits per heavy atom. The van der Waals surface area contributed by atoms with Crippen LogP contribution in [0.5, 0.6) is 0 Å². The van der Waals surface area contributed by atoms with E-state index in [0.717, 1.165) is 42.1 Å². The van der Waals surface area contributed by atoms with Gasteiger partial charge in [0, 0.05) is 22.8 Å². The zero-order valence-electron chi connectivity index (χ0n) is 14.8. The van der Waals surface area contributed by atoms with E-state index < -0.39 is 0 Å². The van der Waals surface area contributed by atoms with Crippen LogP contribution in [0, 0.1) is 0 Å². The van der Waals surface area contributed by atoms with E-state index in [2.05, 4.69) is 21.8 Å². The molecule has 0 N–H and O–H groups in total. The van der Waals surface area contributed by atoms with Gasteiger partial charge in [-0.15, -0.1) is 11.3 Å². The van der Waals surface area contributed by atoms with Crippen molar-refractivity contribution in [3.05, 3.63) is 16.8 Å². The molecule has 4 rings (SSSR count). The number of fused-ring (bicyclic) bond motifs is 3. The molecule has 1 aliphatic heterocycles. The maximum atomic E-state index is 12.8. The lowest BCUT2D eigenvalue weighted by atomic mass is 9.97. The number of piperidine rings is 1. The van der Waals surface area contributed by atoms with Gasteiger partial charge in [-0.3, -0.25) is 4.79 Å². The van der Waals surface area contributed by atoms with Crippen molar-refractivity contribution in [1.82, 2.24) is 14.9 Å². The van der Waals surface area contributed by atoms with Crippen molar-refractivity contribution in [2.75, 3.05) is 12.3 Å². The van der Waals surface area contributed by atoms with Crippen LogP contribution in [0.2, 0.25) is 0 Å². The van der Waals surface area contributed by atoms with Gasteiger partial charge in [0.05, 0.1) is 5.75 Å². The number of thiophene rings is 1. The van der Waals surface area contributed by atoms with Crippen molar-refractivity contribution < 1.29 is 4.79 Å². The van der Waals surface area contributed by atoms with Crippen LogP contribution in [-0.4, -0.2) is 39.1 Å². The molecule has 2 aromatic rings. The van der Waals surface area contributed by atoms with Gasteiger partial charge in [0.15, 0.2) is 0 Å². The lowest BCUT2D eigenvalue weighted by molar-refractivity contribution is -0.132. The van der Waals surface area contributed by atoms with E-state index in [1.807, 2.05) is 11.3 Å². The Labute approximate surface area is 157 Å². The molecule has 25 heavy (non-hydrogen) atoms. The van der Waals surface area contributed by atoms with E-state index >= 15 is 0 Å². The summed E-state index contributed by atoms with van der Waals surface area (Å²) >= 11 is 3.43. The van der Waals surface area contributed by atoms with Gasteiger partial charge in [-0.1, -0.05) is 18.7 Å². The summed E-state index contributed by atoms with van der Waals surface area (Å²) in [6, 6.07) is 0.432. The lowest BCUT2D eigenvalue weighted by Gasteiger charge is -2.35. The highest BCUT2D eigenvalue weighted by Gasteiger charge is 2.26. The third kappa shape index (κ3) is 3.43. The summed E-state index contributed by atoms with van der Waals surface area (Å²) < 4.78 is 0. The van der Waals surface area contributed by atoms with Gasteiger partial charge in [-0.25, -0.2) is 9.97 Å². The summed E-state index contributed by atoms with van der Waals surface area (Å²) in [6.07, 6.45) is 11.1. The largest absolute Gasteiger partial charge is 0.339 e. The maximum Gasteiger partial charge on any atom is 0.233 e. The van der Waals surface area contributed by atoms with Crippen LogP contribution in [0.3, 0.4) is 0 Å². The zero-order chi connectivity index (χ0) is 17.2. The summed E-state index contributed by atoms with van der Waals surface area (Å²) in [7, 11) is 0. The summed E-state index contributed by atoms with van der Waals surface area (Å²) in [4.78, 5) is 26.5. The minimum absolute atomic E-state index is 0.271. The van der Waals surface area contributed by atoms with Crippen LogP contribution in [0.4, 0.5) is 0 Å². The van der Waals surface area contributed by atoms with Crippen molar-refractivity contribution in [3.8, 4) is 0 Å². The first-order chi connectivity index (χ1) is 12.3. The number of likely N-dealkylation sites (tertiary alicyclic amines) is 1. The molecule has 1 aliphatic carbocycles. The highest BCUT2D eigenvalue weighted by Crippen LogP contribution is 2.39. The van der Waals surface area contributed by atoms with E-state index in [9.17, 15) is 4.79 Å². The smallest absolute Gasteiger partial charge is 0.233 e. The fourth-order valence-electron chi connectivity index (χ4n) is 4.14. The molecule has 1 saturated heterocycles. The number of carbonyl (C=O) groups is 1. The highest BCUT2D eigenvalue weighted by atomic mass is 32.2. The van der Waals surface area contributed by atoms with Gasteiger partial charge in [0.1, 0.15) is 16.2 Å². The molecule has 1 amide bonds. The van der Waals surface area contributed by atoms with Crippen LogP contribution in [-0.2, 0) is 17.6 Å². The Morgan fingerprint density at radius 2 is 2.16 bits per heavy atom. The Kier molecular flexibility index (Phi) is 5.27. The number of hydrogen-bond acceptors (Lipinski definition) is 5. The number of thioether (sulfide) groups is 1. The molecule has 1 fully saturated rings. The van der Waals surface area contributed by atoms with Gasteiger partial charge in [0.2, 0.25) is 5.91 Å². The van der Waals surface area contributed by atoms with Crippen molar-refractivity contribution in [2.45, 2.75) is 69.4 Å². The fourth-order valence-corrected chi connectivity index (χ4v) is 6.34. The zero-order valence-corrected chi connectivity index (χ0v) is 16.4. The molecule has 0 spiro atoms. The normalized spacial score (nSPS) is 20.7. The van der Waals surface area contributed by atoms with E-state index in [1.54, 1.807) is 18.1 Å². The van der Waals surface area contributed by atoms with Gasteiger partial charge >= 0.3 is 0 Å². The number of nitrogens with zero attached hydrogens (tertiary/aromatic N) is 3. The number of hydrogen-bond donors (Lipinski definition) is 0. The quantitative estimate of drug-likeness (QED) is 0.585. The van der Waals surface area contributed by atoms with Crippen molar-refractivity contribution in [1.29, 1.82) is 0 Å². The predicted octanol–water partition coefficient (Wildman–Crippen LogP) is 4.45. The first-order valence-electron chi connectivity index (χ1n) is 9.45. The molecule has 1 atom stereocenters. The molecule has 0 radical (unpaired) electrons. The molecular weight excluding hydrogens is 350 g/mol.